The summed E-state index contributed by atoms with van der Waals surface area (Å²) in [6.07, 6.45) is 5.33. The van der Waals surface area contributed by atoms with E-state index >= 15 is 0 Å². The van der Waals surface area contributed by atoms with E-state index in [0.717, 1.165) is 10.8 Å². The van der Waals surface area contributed by atoms with Crippen LogP contribution in [0.15, 0.2) is 67.8 Å². The number of nitrogens with zero attached hydrogens (tertiary/aromatic N) is 3. The maximum Gasteiger partial charge on any atom is 0.253 e. The minimum atomic E-state index is -1.12. The molecule has 2 aromatic rings. The van der Waals surface area contributed by atoms with Gasteiger partial charge in [-0.25, -0.2) is 0 Å². The van der Waals surface area contributed by atoms with Gasteiger partial charge in [0, 0.05) is 39.0 Å². The summed E-state index contributed by atoms with van der Waals surface area (Å²) < 4.78 is 6.86. The molecule has 2 bridgehead atoms. The smallest absolute Gasteiger partial charge is 0.253 e. The molecule has 0 aliphatic carbocycles. The highest BCUT2D eigenvalue weighted by Crippen LogP contribution is 2.64. The summed E-state index contributed by atoms with van der Waals surface area (Å²) in [7, 11) is 1.71. The van der Waals surface area contributed by atoms with Crippen LogP contribution >= 0.6 is 0 Å². The first-order valence-electron chi connectivity index (χ1n) is 14.2. The molecule has 0 aromatic heterocycles. The highest BCUT2D eigenvalue weighted by molar-refractivity contribution is 6.06. The monoisotopic (exact) mass is 545 g/mol. The van der Waals surface area contributed by atoms with Crippen molar-refractivity contribution in [2.24, 2.45) is 11.8 Å². The van der Waals surface area contributed by atoms with Gasteiger partial charge in [-0.3, -0.25) is 14.4 Å². The molecule has 5 atom stereocenters. The quantitative estimate of drug-likeness (QED) is 0.437. The van der Waals surface area contributed by atoms with Gasteiger partial charge in [0.25, 0.3) is 5.91 Å². The number of amides is 3. The Bertz CT molecular complexity index is 1340. The summed E-state index contributed by atoms with van der Waals surface area (Å²) in [5, 5.41) is 11.7. The van der Waals surface area contributed by atoms with Gasteiger partial charge in [-0.05, 0) is 48.6 Å². The molecule has 2 aromatic carbocycles. The number of fused-ring (bicyclic) bond motifs is 2. The fraction of sp³-hybridized carbons (Fsp3) is 0.469. The Kier molecular flexibility index (Phi) is 7.59. The summed E-state index contributed by atoms with van der Waals surface area (Å²) in [4.78, 5) is 47.5. The van der Waals surface area contributed by atoms with Gasteiger partial charge in [-0.2, -0.15) is 0 Å². The van der Waals surface area contributed by atoms with Crippen molar-refractivity contribution >= 4 is 34.2 Å². The van der Waals surface area contributed by atoms with Gasteiger partial charge in [-0.1, -0.05) is 49.4 Å². The number of hydrogen-bond acceptors (Lipinski definition) is 5. The van der Waals surface area contributed by atoms with Crippen molar-refractivity contribution in [3.05, 3.63) is 67.8 Å². The fourth-order valence-electron chi connectivity index (χ4n) is 7.32. The number of benzene rings is 2. The van der Waals surface area contributed by atoms with E-state index in [2.05, 4.69) is 13.2 Å². The van der Waals surface area contributed by atoms with Crippen molar-refractivity contribution in [3.63, 3.8) is 0 Å². The Balaban J connectivity index is 1.60. The molecule has 3 amide bonds. The first kappa shape index (κ1) is 28.1. The number of carbonyl (C=O) groups is 3. The Morgan fingerprint density at radius 2 is 1.82 bits per heavy atom. The molecule has 8 nitrogen and oxygen atoms in total. The lowest BCUT2D eigenvalue weighted by molar-refractivity contribution is -0.150. The van der Waals surface area contributed by atoms with Crippen LogP contribution in [0.5, 0.6) is 0 Å². The van der Waals surface area contributed by atoms with Crippen molar-refractivity contribution in [1.82, 2.24) is 9.80 Å². The summed E-state index contributed by atoms with van der Waals surface area (Å²) in [6.45, 7) is 10.3. The van der Waals surface area contributed by atoms with Crippen LogP contribution < -0.4 is 4.90 Å². The molecule has 1 spiro atoms. The van der Waals surface area contributed by atoms with Crippen LogP contribution in [0.25, 0.3) is 10.8 Å². The second kappa shape index (κ2) is 10.8. The molecule has 3 saturated heterocycles. The average Bonchev–Trinajstić information content (AvgIpc) is 3.57. The lowest BCUT2D eigenvalue weighted by Gasteiger charge is -2.37. The molecule has 2 unspecified atom stereocenters. The number of carbonyl (C=O) groups excluding carboxylic acids is 3. The first-order chi connectivity index (χ1) is 19.3. The van der Waals surface area contributed by atoms with E-state index in [9.17, 15) is 19.5 Å². The minimum absolute atomic E-state index is 0.117. The van der Waals surface area contributed by atoms with Crippen LogP contribution in [0, 0.1) is 11.8 Å². The molecule has 5 rings (SSSR count). The maximum atomic E-state index is 14.7. The van der Waals surface area contributed by atoms with Crippen molar-refractivity contribution in [1.29, 1.82) is 0 Å². The average molecular weight is 546 g/mol. The van der Waals surface area contributed by atoms with Gasteiger partial charge >= 0.3 is 0 Å². The highest BCUT2D eigenvalue weighted by atomic mass is 16.5. The third kappa shape index (κ3) is 4.16. The van der Waals surface area contributed by atoms with Gasteiger partial charge < -0.3 is 24.5 Å². The molecule has 3 heterocycles. The Hall–Kier alpha value is -3.49. The largest absolute Gasteiger partial charge is 0.396 e. The van der Waals surface area contributed by atoms with Crippen LogP contribution in [-0.4, -0.2) is 83.2 Å². The normalized spacial score (nSPS) is 28.5. The van der Waals surface area contributed by atoms with Gasteiger partial charge in [0.1, 0.15) is 11.6 Å². The number of rotatable bonds is 11. The number of anilines is 1. The molecule has 3 aliphatic heterocycles. The minimum Gasteiger partial charge on any atom is -0.396 e. The zero-order chi connectivity index (χ0) is 28.7. The third-order valence-corrected chi connectivity index (χ3v) is 9.14. The summed E-state index contributed by atoms with van der Waals surface area (Å²) in [5.41, 5.74) is -1.22. The Labute approximate surface area is 235 Å². The molecule has 0 radical (unpaired) electrons. The van der Waals surface area contributed by atoms with E-state index in [1.807, 2.05) is 49.4 Å². The molecule has 1 N–H and O–H groups in total. The van der Waals surface area contributed by atoms with E-state index in [-0.39, 0.29) is 37.4 Å². The van der Waals surface area contributed by atoms with Gasteiger partial charge in [-0.15, -0.1) is 13.2 Å². The summed E-state index contributed by atoms with van der Waals surface area (Å²) in [6, 6.07) is 12.9. The zero-order valence-corrected chi connectivity index (χ0v) is 23.4. The molecule has 0 saturated carbocycles. The van der Waals surface area contributed by atoms with Crippen LogP contribution in [0.3, 0.4) is 0 Å². The molecule has 3 aliphatic rings. The van der Waals surface area contributed by atoms with Crippen LogP contribution in [0.2, 0.25) is 0 Å². The molecular formula is C32H39N3O5. The SMILES string of the molecule is C=CCN(C)C(=O)[C@H]1[C@H]2C(=O)N(CCCO)C(C(=O)N(CC=C)c3ccc4ccccc4c3)C23CC[C@]1(CC)O3. The van der Waals surface area contributed by atoms with Crippen LogP contribution in [-0.2, 0) is 19.1 Å². The number of ether oxygens (including phenoxy) is 1. The highest BCUT2D eigenvalue weighted by Gasteiger charge is 2.78. The second-order valence-corrected chi connectivity index (χ2v) is 11.2. The third-order valence-electron chi connectivity index (χ3n) is 9.14. The van der Waals surface area contributed by atoms with E-state index in [1.54, 1.807) is 33.9 Å². The molecule has 40 heavy (non-hydrogen) atoms. The lowest BCUT2D eigenvalue weighted by Crippen LogP contribution is -2.56. The van der Waals surface area contributed by atoms with Gasteiger partial charge in [0.2, 0.25) is 11.8 Å². The summed E-state index contributed by atoms with van der Waals surface area (Å²) >= 11 is 0. The van der Waals surface area contributed by atoms with Crippen LogP contribution in [0.4, 0.5) is 5.69 Å². The number of likely N-dealkylation sites (N-methyl/N-ethyl adjacent to an activating group) is 1. The van der Waals surface area contributed by atoms with Crippen LogP contribution in [0.1, 0.15) is 32.6 Å². The van der Waals surface area contributed by atoms with Crippen molar-refractivity contribution in [2.45, 2.75) is 49.9 Å². The standard InChI is InChI=1S/C32H39N3O5/c1-5-17-33(4)28(37)25-26-29(38)35(19-10-20-36)27(32(26)16-15-31(25,7-3)40-32)30(39)34(18-6-2)24-14-13-22-11-8-9-12-23(22)21-24/h5-6,8-9,11-14,21,25-27,36H,1-2,7,10,15-20H2,3-4H3/t25-,26+,27?,31+,32?/m1/s1. The zero-order valence-electron chi connectivity index (χ0n) is 23.4. The number of likely N-dealkylation sites (tertiary alicyclic amines) is 1. The number of aliphatic hydroxyl groups is 1. The first-order valence-corrected chi connectivity index (χ1v) is 14.2. The number of aliphatic hydroxyl groups excluding tert-OH is 1. The predicted octanol–water partition coefficient (Wildman–Crippen LogP) is 3.54. The lowest BCUT2D eigenvalue weighted by atomic mass is 9.64. The Morgan fingerprint density at radius 1 is 1.10 bits per heavy atom. The molecular weight excluding hydrogens is 506 g/mol. The van der Waals surface area contributed by atoms with Crippen molar-refractivity contribution < 1.29 is 24.2 Å². The molecule has 8 heteroatoms. The van der Waals surface area contributed by atoms with Gasteiger partial charge in [0.15, 0.2) is 0 Å². The molecule has 3 fully saturated rings. The predicted molar refractivity (Wildman–Crippen MR) is 155 cm³/mol. The second-order valence-electron chi connectivity index (χ2n) is 11.2. The Morgan fingerprint density at radius 3 is 2.50 bits per heavy atom. The maximum absolute atomic E-state index is 14.7. The van der Waals surface area contributed by atoms with E-state index in [4.69, 9.17) is 4.74 Å². The molecule has 212 valence electrons. The van der Waals surface area contributed by atoms with Crippen molar-refractivity contribution in [2.75, 3.05) is 38.2 Å². The van der Waals surface area contributed by atoms with Gasteiger partial charge in [0.05, 0.1) is 17.4 Å². The number of hydrogen-bond donors (Lipinski definition) is 1. The fourth-order valence-corrected chi connectivity index (χ4v) is 7.32. The topological polar surface area (TPSA) is 90.4 Å². The van der Waals surface area contributed by atoms with E-state index in [0.29, 0.717) is 37.9 Å². The van der Waals surface area contributed by atoms with Crippen molar-refractivity contribution in [3.8, 4) is 0 Å². The summed E-state index contributed by atoms with van der Waals surface area (Å²) in [5.74, 6) is -2.12. The van der Waals surface area contributed by atoms with E-state index < -0.39 is 29.1 Å². The van der Waals surface area contributed by atoms with E-state index in [1.165, 1.54) is 0 Å².